The molecule has 1 saturated heterocycles. The van der Waals surface area contributed by atoms with Crippen LogP contribution in [0.4, 0.5) is 0 Å². The number of aliphatic hydroxyl groups is 4. The molecule has 0 bridgehead atoms. The number of ketones is 1. The quantitative estimate of drug-likeness (QED) is 0.514. The molecule has 0 amide bonds. The van der Waals surface area contributed by atoms with Crippen LogP contribution in [0.25, 0.3) is 0 Å². The molecule has 1 aliphatic carbocycles. The Labute approximate surface area is 135 Å². The van der Waals surface area contributed by atoms with E-state index in [0.29, 0.717) is 18.8 Å². The lowest BCUT2D eigenvalue weighted by Crippen LogP contribution is -2.59. The SMILES string of the molecule is C/C(CO[C@@H]1O[C@H](CO)[C@@H](O)[C@H](O)[C@H]1O)=C1\CC[C@H](C)CC1=O. The molecule has 1 heterocycles. The standard InChI is InChI=1S/C16H26O7/c1-8-3-4-10(11(18)5-8)9(2)7-22-16-15(21)14(20)13(19)12(6-17)23-16/h8,12-17,19-21H,3-7H2,1-2H3/b10-9-/t8-,12+,13+,14-,15+,16+/m0/s1. The first-order valence-corrected chi connectivity index (χ1v) is 7.99. The smallest absolute Gasteiger partial charge is 0.187 e. The van der Waals surface area contributed by atoms with Crippen molar-refractivity contribution in [3.8, 4) is 0 Å². The van der Waals surface area contributed by atoms with Crippen LogP contribution in [-0.2, 0) is 14.3 Å². The highest BCUT2D eigenvalue weighted by Gasteiger charge is 2.44. The van der Waals surface area contributed by atoms with E-state index in [-0.39, 0.29) is 12.4 Å². The average Bonchev–Trinajstić information content (AvgIpc) is 2.51. The molecule has 1 aliphatic heterocycles. The third-order valence-corrected chi connectivity index (χ3v) is 4.59. The van der Waals surface area contributed by atoms with E-state index >= 15 is 0 Å². The van der Waals surface area contributed by atoms with Crippen molar-refractivity contribution < 1.29 is 34.7 Å². The maximum absolute atomic E-state index is 12.1. The molecular weight excluding hydrogens is 304 g/mol. The molecule has 6 atom stereocenters. The number of aliphatic hydroxyl groups excluding tert-OH is 4. The molecule has 1 saturated carbocycles. The molecule has 132 valence electrons. The summed E-state index contributed by atoms with van der Waals surface area (Å²) in [6.07, 6.45) is -4.25. The maximum atomic E-state index is 12.1. The topological polar surface area (TPSA) is 116 Å². The zero-order valence-corrected chi connectivity index (χ0v) is 13.5. The number of Topliss-reactive ketones (excluding diaryl/α,β-unsaturated/α-hetero) is 1. The maximum Gasteiger partial charge on any atom is 0.187 e. The zero-order valence-electron chi connectivity index (χ0n) is 13.5. The Hall–Kier alpha value is -0.830. The summed E-state index contributed by atoms with van der Waals surface area (Å²) in [4.78, 5) is 12.1. The van der Waals surface area contributed by atoms with E-state index in [4.69, 9.17) is 14.6 Å². The van der Waals surface area contributed by atoms with E-state index in [2.05, 4.69) is 6.92 Å². The Kier molecular flexibility index (Phi) is 6.30. The van der Waals surface area contributed by atoms with Crippen LogP contribution in [0.1, 0.15) is 33.1 Å². The molecule has 7 nitrogen and oxygen atoms in total. The Balaban J connectivity index is 1.98. The van der Waals surface area contributed by atoms with Gasteiger partial charge in [-0.3, -0.25) is 4.79 Å². The van der Waals surface area contributed by atoms with Gasteiger partial charge in [0.25, 0.3) is 0 Å². The van der Waals surface area contributed by atoms with Crippen LogP contribution in [-0.4, -0.2) is 70.1 Å². The molecule has 0 aromatic carbocycles. The number of hydrogen-bond acceptors (Lipinski definition) is 7. The van der Waals surface area contributed by atoms with Crippen LogP contribution < -0.4 is 0 Å². The molecule has 0 aromatic rings. The van der Waals surface area contributed by atoms with Gasteiger partial charge in [-0.1, -0.05) is 6.92 Å². The molecule has 2 fully saturated rings. The Morgan fingerprint density at radius 1 is 1.26 bits per heavy atom. The van der Waals surface area contributed by atoms with Crippen molar-refractivity contribution in [3.63, 3.8) is 0 Å². The minimum absolute atomic E-state index is 0.0815. The van der Waals surface area contributed by atoms with Crippen molar-refractivity contribution in [3.05, 3.63) is 11.1 Å². The molecular formula is C16H26O7. The largest absolute Gasteiger partial charge is 0.394 e. The molecule has 2 aliphatic rings. The Bertz CT molecular complexity index is 459. The number of allylic oxidation sites excluding steroid dienone is 1. The summed E-state index contributed by atoms with van der Waals surface area (Å²) in [7, 11) is 0. The van der Waals surface area contributed by atoms with E-state index in [1.54, 1.807) is 6.92 Å². The second kappa shape index (κ2) is 7.83. The van der Waals surface area contributed by atoms with Gasteiger partial charge in [0.05, 0.1) is 13.2 Å². The molecule has 0 radical (unpaired) electrons. The third kappa shape index (κ3) is 4.17. The number of hydrogen-bond donors (Lipinski definition) is 4. The zero-order chi connectivity index (χ0) is 17.1. The third-order valence-electron chi connectivity index (χ3n) is 4.59. The van der Waals surface area contributed by atoms with Crippen LogP contribution in [0.2, 0.25) is 0 Å². The molecule has 2 rings (SSSR count). The van der Waals surface area contributed by atoms with E-state index in [0.717, 1.165) is 17.6 Å². The van der Waals surface area contributed by atoms with Crippen LogP contribution in [0, 0.1) is 5.92 Å². The first-order valence-electron chi connectivity index (χ1n) is 7.99. The molecule has 0 unspecified atom stereocenters. The Morgan fingerprint density at radius 3 is 2.57 bits per heavy atom. The summed E-state index contributed by atoms with van der Waals surface area (Å²) < 4.78 is 10.7. The van der Waals surface area contributed by atoms with Crippen molar-refractivity contribution in [1.82, 2.24) is 0 Å². The number of carbonyl (C=O) groups is 1. The van der Waals surface area contributed by atoms with Crippen molar-refractivity contribution in [2.75, 3.05) is 13.2 Å². The highest BCUT2D eigenvalue weighted by molar-refractivity contribution is 5.96. The van der Waals surface area contributed by atoms with Crippen LogP contribution in [0.5, 0.6) is 0 Å². The minimum atomic E-state index is -1.46. The Morgan fingerprint density at radius 2 is 1.96 bits per heavy atom. The van der Waals surface area contributed by atoms with E-state index in [1.165, 1.54) is 0 Å². The summed E-state index contributed by atoms with van der Waals surface area (Å²) in [6, 6.07) is 0. The summed E-state index contributed by atoms with van der Waals surface area (Å²) in [5.74, 6) is 0.518. The van der Waals surface area contributed by atoms with E-state index < -0.39 is 37.3 Å². The fraction of sp³-hybridized carbons (Fsp3) is 0.812. The predicted molar refractivity (Wildman–Crippen MR) is 80.4 cm³/mol. The first-order chi connectivity index (χ1) is 10.8. The lowest BCUT2D eigenvalue weighted by atomic mass is 9.84. The summed E-state index contributed by atoms with van der Waals surface area (Å²) in [5.41, 5.74) is 1.53. The van der Waals surface area contributed by atoms with Gasteiger partial charge in [-0.05, 0) is 36.8 Å². The fourth-order valence-electron chi connectivity index (χ4n) is 3.02. The summed E-state index contributed by atoms with van der Waals surface area (Å²) in [6.45, 7) is 3.43. The first kappa shape index (κ1) is 18.5. The van der Waals surface area contributed by atoms with Gasteiger partial charge in [0.15, 0.2) is 12.1 Å². The van der Waals surface area contributed by atoms with Crippen molar-refractivity contribution in [2.24, 2.45) is 5.92 Å². The lowest BCUT2D eigenvalue weighted by molar-refractivity contribution is -0.299. The van der Waals surface area contributed by atoms with Gasteiger partial charge >= 0.3 is 0 Å². The van der Waals surface area contributed by atoms with Crippen LogP contribution in [0.15, 0.2) is 11.1 Å². The van der Waals surface area contributed by atoms with Gasteiger partial charge < -0.3 is 29.9 Å². The van der Waals surface area contributed by atoms with Crippen LogP contribution in [0.3, 0.4) is 0 Å². The van der Waals surface area contributed by atoms with Crippen molar-refractivity contribution in [1.29, 1.82) is 0 Å². The highest BCUT2D eigenvalue weighted by atomic mass is 16.7. The number of rotatable bonds is 4. The summed E-state index contributed by atoms with van der Waals surface area (Å²) >= 11 is 0. The molecule has 7 heteroatoms. The highest BCUT2D eigenvalue weighted by Crippen LogP contribution is 2.28. The second-order valence-electron chi connectivity index (χ2n) is 6.54. The fourth-order valence-corrected chi connectivity index (χ4v) is 3.02. The van der Waals surface area contributed by atoms with Crippen molar-refractivity contribution >= 4 is 5.78 Å². The van der Waals surface area contributed by atoms with Gasteiger partial charge in [0.2, 0.25) is 0 Å². The van der Waals surface area contributed by atoms with Gasteiger partial charge in [-0.25, -0.2) is 0 Å². The lowest BCUT2D eigenvalue weighted by Gasteiger charge is -2.39. The predicted octanol–water partition coefficient (Wildman–Crippen LogP) is -0.492. The number of ether oxygens (including phenoxy) is 2. The molecule has 0 aromatic heterocycles. The normalized spacial score (nSPS) is 41.0. The van der Waals surface area contributed by atoms with Gasteiger partial charge in [-0.15, -0.1) is 0 Å². The molecule has 0 spiro atoms. The van der Waals surface area contributed by atoms with Crippen LogP contribution >= 0.6 is 0 Å². The van der Waals surface area contributed by atoms with E-state index in [1.807, 2.05) is 0 Å². The monoisotopic (exact) mass is 330 g/mol. The van der Waals surface area contributed by atoms with Gasteiger partial charge in [0, 0.05) is 6.42 Å². The average molecular weight is 330 g/mol. The summed E-state index contributed by atoms with van der Waals surface area (Å²) in [5, 5.41) is 38.5. The molecule has 23 heavy (non-hydrogen) atoms. The second-order valence-corrected chi connectivity index (χ2v) is 6.54. The van der Waals surface area contributed by atoms with Gasteiger partial charge in [-0.2, -0.15) is 0 Å². The van der Waals surface area contributed by atoms with E-state index in [9.17, 15) is 20.1 Å². The van der Waals surface area contributed by atoms with Gasteiger partial charge in [0.1, 0.15) is 24.4 Å². The molecule has 4 N–H and O–H groups in total. The van der Waals surface area contributed by atoms with Crippen molar-refractivity contribution in [2.45, 2.75) is 63.8 Å². The number of carbonyl (C=O) groups excluding carboxylic acids is 1. The minimum Gasteiger partial charge on any atom is -0.394 e.